The van der Waals surface area contributed by atoms with E-state index in [2.05, 4.69) is 30.9 Å². The lowest BCUT2D eigenvalue weighted by atomic mass is 9.77. The molecule has 1 saturated carbocycles. The van der Waals surface area contributed by atoms with Gasteiger partial charge in [0, 0.05) is 11.8 Å². The Bertz CT molecular complexity index is 183. The van der Waals surface area contributed by atoms with Crippen LogP contribution in [0.5, 0.6) is 0 Å². The Morgan fingerprint density at radius 2 is 2.07 bits per heavy atom. The monoisotopic (exact) mass is 213 g/mol. The van der Waals surface area contributed by atoms with E-state index in [0.29, 0.717) is 0 Å². The largest absolute Gasteiger partial charge is 0.302 e. The van der Waals surface area contributed by atoms with Crippen LogP contribution in [-0.4, -0.2) is 17.2 Å². The first kappa shape index (κ1) is 10.8. The maximum Gasteiger partial charge on any atom is 0.0566 e. The van der Waals surface area contributed by atoms with Crippen LogP contribution < -0.4 is 5.32 Å². The fourth-order valence-electron chi connectivity index (χ4n) is 3.01. The zero-order chi connectivity index (χ0) is 9.97. The van der Waals surface area contributed by atoms with Gasteiger partial charge in [0.25, 0.3) is 0 Å². The standard InChI is InChI=1S/C12H23NS/c1-3-10-6-4-5-7-11(10)12-13-9(2)8-14-12/h9-13H,3-8H2,1-2H3. The molecule has 1 nitrogen and oxygen atoms in total. The van der Waals surface area contributed by atoms with Gasteiger partial charge in [-0.05, 0) is 25.2 Å². The average molecular weight is 213 g/mol. The zero-order valence-corrected chi connectivity index (χ0v) is 10.3. The van der Waals surface area contributed by atoms with Crippen LogP contribution in [0.4, 0.5) is 0 Å². The van der Waals surface area contributed by atoms with Crippen molar-refractivity contribution < 1.29 is 0 Å². The van der Waals surface area contributed by atoms with E-state index in [9.17, 15) is 0 Å². The molecule has 0 aromatic heterocycles. The summed E-state index contributed by atoms with van der Waals surface area (Å²) in [5, 5.41) is 4.52. The molecule has 2 rings (SSSR count). The molecule has 1 aliphatic heterocycles. The molecule has 2 heteroatoms. The van der Waals surface area contributed by atoms with Crippen LogP contribution in [-0.2, 0) is 0 Å². The van der Waals surface area contributed by atoms with Gasteiger partial charge in [-0.25, -0.2) is 0 Å². The maximum absolute atomic E-state index is 3.75. The van der Waals surface area contributed by atoms with E-state index in [4.69, 9.17) is 0 Å². The van der Waals surface area contributed by atoms with E-state index in [1.54, 1.807) is 0 Å². The fourth-order valence-corrected chi connectivity index (χ4v) is 4.54. The Morgan fingerprint density at radius 1 is 1.29 bits per heavy atom. The number of hydrogen-bond acceptors (Lipinski definition) is 2. The highest BCUT2D eigenvalue weighted by atomic mass is 32.2. The van der Waals surface area contributed by atoms with Crippen LogP contribution in [0, 0.1) is 11.8 Å². The van der Waals surface area contributed by atoms with Gasteiger partial charge in [0.05, 0.1) is 5.37 Å². The molecule has 14 heavy (non-hydrogen) atoms. The SMILES string of the molecule is CCC1CCCCC1C1NC(C)CS1. The summed E-state index contributed by atoms with van der Waals surface area (Å²) >= 11 is 2.16. The summed E-state index contributed by atoms with van der Waals surface area (Å²) in [6.07, 6.45) is 7.28. The second-order valence-electron chi connectivity index (χ2n) is 4.94. The Balaban J connectivity index is 1.93. The van der Waals surface area contributed by atoms with Crippen LogP contribution in [0.15, 0.2) is 0 Å². The lowest BCUT2D eigenvalue weighted by molar-refractivity contribution is 0.211. The molecular formula is C12H23NS. The van der Waals surface area contributed by atoms with Crippen molar-refractivity contribution in [2.45, 2.75) is 57.4 Å². The summed E-state index contributed by atoms with van der Waals surface area (Å²) in [7, 11) is 0. The number of hydrogen-bond donors (Lipinski definition) is 1. The van der Waals surface area contributed by atoms with Crippen molar-refractivity contribution in [2.24, 2.45) is 11.8 Å². The average Bonchev–Trinajstić information content (AvgIpc) is 2.65. The molecule has 2 fully saturated rings. The molecule has 0 aromatic rings. The summed E-state index contributed by atoms with van der Waals surface area (Å²) in [6.45, 7) is 4.68. The van der Waals surface area contributed by atoms with E-state index < -0.39 is 0 Å². The molecule has 0 aromatic carbocycles. The minimum Gasteiger partial charge on any atom is -0.302 e. The first-order chi connectivity index (χ1) is 6.81. The molecule has 0 spiro atoms. The third-order valence-corrected chi connectivity index (χ3v) is 5.39. The van der Waals surface area contributed by atoms with Gasteiger partial charge in [-0.15, -0.1) is 11.8 Å². The van der Waals surface area contributed by atoms with Gasteiger partial charge in [0.15, 0.2) is 0 Å². The summed E-state index contributed by atoms with van der Waals surface area (Å²) in [5.41, 5.74) is 0. The number of rotatable bonds is 2. The number of nitrogens with one attached hydrogen (secondary N) is 1. The molecule has 0 amide bonds. The lowest BCUT2D eigenvalue weighted by Crippen LogP contribution is -2.37. The minimum absolute atomic E-state index is 0.740. The van der Waals surface area contributed by atoms with Gasteiger partial charge in [-0.2, -0.15) is 0 Å². The van der Waals surface area contributed by atoms with Crippen LogP contribution in [0.3, 0.4) is 0 Å². The summed E-state index contributed by atoms with van der Waals surface area (Å²) in [4.78, 5) is 0. The molecule has 0 bridgehead atoms. The normalized spacial score (nSPS) is 44.1. The quantitative estimate of drug-likeness (QED) is 0.755. The van der Waals surface area contributed by atoms with Crippen LogP contribution in [0.1, 0.15) is 46.0 Å². The van der Waals surface area contributed by atoms with Crippen molar-refractivity contribution in [3.63, 3.8) is 0 Å². The van der Waals surface area contributed by atoms with E-state index in [0.717, 1.165) is 23.3 Å². The Morgan fingerprint density at radius 3 is 2.71 bits per heavy atom. The summed E-state index contributed by atoms with van der Waals surface area (Å²) < 4.78 is 0. The molecule has 82 valence electrons. The van der Waals surface area contributed by atoms with Gasteiger partial charge in [0.1, 0.15) is 0 Å². The third-order valence-electron chi connectivity index (χ3n) is 3.86. The van der Waals surface area contributed by atoms with E-state index in [1.807, 2.05) is 0 Å². The summed E-state index contributed by atoms with van der Waals surface area (Å²) in [5.74, 6) is 3.28. The van der Waals surface area contributed by atoms with E-state index >= 15 is 0 Å². The number of thioether (sulfide) groups is 1. The van der Waals surface area contributed by atoms with Crippen molar-refractivity contribution in [3.8, 4) is 0 Å². The van der Waals surface area contributed by atoms with Crippen molar-refractivity contribution in [1.29, 1.82) is 0 Å². The van der Waals surface area contributed by atoms with Gasteiger partial charge in [-0.3, -0.25) is 0 Å². The van der Waals surface area contributed by atoms with Crippen LogP contribution >= 0.6 is 11.8 Å². The molecule has 1 aliphatic carbocycles. The Labute approximate surface area is 92.4 Å². The van der Waals surface area contributed by atoms with Crippen LogP contribution in [0.25, 0.3) is 0 Å². The van der Waals surface area contributed by atoms with E-state index in [1.165, 1.54) is 37.9 Å². The minimum atomic E-state index is 0.740. The molecule has 4 atom stereocenters. The fraction of sp³-hybridized carbons (Fsp3) is 1.00. The highest BCUT2D eigenvalue weighted by Gasteiger charge is 2.34. The first-order valence-corrected chi connectivity index (χ1v) is 7.23. The van der Waals surface area contributed by atoms with E-state index in [-0.39, 0.29) is 0 Å². The summed E-state index contributed by atoms with van der Waals surface area (Å²) in [6, 6.07) is 0.740. The van der Waals surface area contributed by atoms with Gasteiger partial charge >= 0.3 is 0 Å². The molecular weight excluding hydrogens is 190 g/mol. The van der Waals surface area contributed by atoms with Gasteiger partial charge in [-0.1, -0.05) is 32.6 Å². The predicted molar refractivity (Wildman–Crippen MR) is 64.6 cm³/mol. The second kappa shape index (κ2) is 4.89. The Kier molecular flexibility index (Phi) is 3.78. The molecule has 0 radical (unpaired) electrons. The molecule has 1 heterocycles. The highest BCUT2D eigenvalue weighted by Crippen LogP contribution is 2.39. The molecule has 2 aliphatic rings. The Hall–Kier alpha value is 0.310. The smallest absolute Gasteiger partial charge is 0.0566 e. The topological polar surface area (TPSA) is 12.0 Å². The van der Waals surface area contributed by atoms with Gasteiger partial charge in [0.2, 0.25) is 0 Å². The predicted octanol–water partition coefficient (Wildman–Crippen LogP) is 3.25. The van der Waals surface area contributed by atoms with Crippen molar-refractivity contribution in [1.82, 2.24) is 5.32 Å². The highest BCUT2D eigenvalue weighted by molar-refractivity contribution is 8.00. The van der Waals surface area contributed by atoms with Gasteiger partial charge < -0.3 is 5.32 Å². The van der Waals surface area contributed by atoms with Crippen molar-refractivity contribution in [2.75, 3.05) is 5.75 Å². The molecule has 4 unspecified atom stereocenters. The third kappa shape index (κ3) is 2.27. The van der Waals surface area contributed by atoms with Crippen molar-refractivity contribution >= 4 is 11.8 Å². The molecule has 1 saturated heterocycles. The van der Waals surface area contributed by atoms with Crippen molar-refractivity contribution in [3.05, 3.63) is 0 Å². The maximum atomic E-state index is 3.75. The first-order valence-electron chi connectivity index (χ1n) is 6.19. The van der Waals surface area contributed by atoms with Crippen LogP contribution in [0.2, 0.25) is 0 Å². The lowest BCUT2D eigenvalue weighted by Gasteiger charge is -2.34. The second-order valence-corrected chi connectivity index (χ2v) is 6.11. The zero-order valence-electron chi connectivity index (χ0n) is 9.46. The molecule has 1 N–H and O–H groups in total.